The summed E-state index contributed by atoms with van der Waals surface area (Å²) in [4.78, 5) is 39.1. The van der Waals surface area contributed by atoms with Crippen LogP contribution in [0.4, 0.5) is 4.39 Å². The molecule has 35 heavy (non-hydrogen) atoms. The van der Waals surface area contributed by atoms with Gasteiger partial charge in [0.15, 0.2) is 0 Å². The van der Waals surface area contributed by atoms with Crippen LogP contribution in [0.25, 0.3) is 10.2 Å². The summed E-state index contributed by atoms with van der Waals surface area (Å²) >= 11 is 1.32. The number of hydrogen-bond acceptors (Lipinski definition) is 5. The zero-order valence-electron chi connectivity index (χ0n) is 19.1. The summed E-state index contributed by atoms with van der Waals surface area (Å²) in [6.45, 7) is 0.959. The lowest BCUT2D eigenvalue weighted by atomic mass is 9.81. The van der Waals surface area contributed by atoms with Gasteiger partial charge in [0.1, 0.15) is 16.3 Å². The van der Waals surface area contributed by atoms with Gasteiger partial charge in [0.05, 0.1) is 24.9 Å². The lowest BCUT2D eigenvalue weighted by Gasteiger charge is -2.28. The molecule has 1 fully saturated rings. The van der Waals surface area contributed by atoms with Crippen molar-refractivity contribution in [3.8, 4) is 0 Å². The van der Waals surface area contributed by atoms with Crippen LogP contribution in [-0.2, 0) is 24.4 Å². The molecule has 182 valence electrons. The molecule has 3 heterocycles. The van der Waals surface area contributed by atoms with Gasteiger partial charge in [-0.25, -0.2) is 9.18 Å². The Morgan fingerprint density at radius 1 is 1.06 bits per heavy atom. The van der Waals surface area contributed by atoms with E-state index in [1.54, 1.807) is 35.1 Å². The molecule has 1 saturated carbocycles. The summed E-state index contributed by atoms with van der Waals surface area (Å²) in [5.74, 6) is 0.460. The van der Waals surface area contributed by atoms with E-state index in [0.717, 1.165) is 18.4 Å². The number of nitrogens with one attached hydrogen (secondary N) is 1. The maximum absolute atomic E-state index is 13.4. The number of carbonyl (C=O) groups is 1. The first-order chi connectivity index (χ1) is 17.0. The number of fused-ring (bicyclic) bond motifs is 1. The number of carbonyl (C=O) groups excluding carboxylic acids is 1. The second-order valence-electron chi connectivity index (χ2n) is 9.06. The second-order valence-corrected chi connectivity index (χ2v) is 9.98. The average Bonchev–Trinajstić information content (AvgIpc) is 3.57. The highest BCUT2D eigenvalue weighted by Crippen LogP contribution is 2.30. The number of thiophene rings is 1. The van der Waals surface area contributed by atoms with E-state index in [1.165, 1.54) is 28.0 Å². The summed E-state index contributed by atoms with van der Waals surface area (Å²) in [5.41, 5.74) is 0.756. The average molecular weight is 496 g/mol. The molecular weight excluding hydrogens is 469 g/mol. The zero-order valence-corrected chi connectivity index (χ0v) is 19.9. The third-order valence-electron chi connectivity index (χ3n) is 6.77. The monoisotopic (exact) mass is 495 g/mol. The van der Waals surface area contributed by atoms with Crippen molar-refractivity contribution in [2.75, 3.05) is 0 Å². The van der Waals surface area contributed by atoms with Crippen molar-refractivity contribution in [1.82, 2.24) is 14.5 Å². The molecule has 1 amide bonds. The molecule has 5 rings (SSSR count). The van der Waals surface area contributed by atoms with Gasteiger partial charge in [-0.1, -0.05) is 12.1 Å². The Labute approximate surface area is 204 Å². The van der Waals surface area contributed by atoms with Crippen LogP contribution in [0.1, 0.15) is 37.0 Å². The number of nitrogens with zero attached hydrogens (tertiary/aromatic N) is 2. The van der Waals surface area contributed by atoms with Crippen LogP contribution < -0.4 is 16.6 Å². The highest BCUT2D eigenvalue weighted by atomic mass is 32.1. The summed E-state index contributed by atoms with van der Waals surface area (Å²) < 4.78 is 22.1. The van der Waals surface area contributed by atoms with E-state index in [2.05, 4.69) is 5.32 Å². The number of rotatable bonds is 7. The quantitative estimate of drug-likeness (QED) is 0.418. The smallest absolute Gasteiger partial charge is 0.331 e. The first-order valence-electron chi connectivity index (χ1n) is 11.7. The van der Waals surface area contributed by atoms with Crippen LogP contribution in [0.2, 0.25) is 0 Å². The Bertz CT molecular complexity index is 1430. The maximum atomic E-state index is 13.4. The number of benzene rings is 1. The molecule has 0 bridgehead atoms. The molecule has 4 aromatic rings. The fourth-order valence-electron chi connectivity index (χ4n) is 4.82. The molecule has 0 aliphatic heterocycles. The molecule has 0 atom stereocenters. The first kappa shape index (κ1) is 23.3. The van der Waals surface area contributed by atoms with E-state index < -0.39 is 0 Å². The lowest BCUT2D eigenvalue weighted by molar-refractivity contribution is -0.126. The minimum atomic E-state index is -0.358. The van der Waals surface area contributed by atoms with Gasteiger partial charge in [-0.15, -0.1) is 11.3 Å². The van der Waals surface area contributed by atoms with Crippen molar-refractivity contribution in [1.29, 1.82) is 0 Å². The topological polar surface area (TPSA) is 86.2 Å². The van der Waals surface area contributed by atoms with Gasteiger partial charge >= 0.3 is 5.69 Å². The van der Waals surface area contributed by atoms with Gasteiger partial charge in [0.2, 0.25) is 5.91 Å². The Hall–Kier alpha value is -3.46. The van der Waals surface area contributed by atoms with Gasteiger partial charge in [-0.3, -0.25) is 18.7 Å². The van der Waals surface area contributed by atoms with Crippen LogP contribution in [0.5, 0.6) is 0 Å². The van der Waals surface area contributed by atoms with E-state index in [4.69, 9.17) is 4.42 Å². The van der Waals surface area contributed by atoms with Crippen LogP contribution in [0.3, 0.4) is 0 Å². The van der Waals surface area contributed by atoms with Crippen LogP contribution in [0.15, 0.2) is 68.1 Å². The van der Waals surface area contributed by atoms with Crippen molar-refractivity contribution in [2.45, 2.75) is 45.3 Å². The SMILES string of the molecule is O=C(NCc1ccco1)C1CCC(Cn2c(=O)c3sccc3n(Cc3ccc(F)cc3)c2=O)CC1. The number of furan rings is 1. The molecule has 0 saturated heterocycles. The highest BCUT2D eigenvalue weighted by Gasteiger charge is 2.27. The van der Waals surface area contributed by atoms with Crippen molar-refractivity contribution in [3.05, 3.63) is 92.1 Å². The van der Waals surface area contributed by atoms with E-state index in [1.807, 2.05) is 11.4 Å². The minimum absolute atomic E-state index is 0.0127. The summed E-state index contributed by atoms with van der Waals surface area (Å²) in [6.07, 6.45) is 4.55. The Morgan fingerprint density at radius 3 is 2.54 bits per heavy atom. The van der Waals surface area contributed by atoms with Gasteiger partial charge in [0, 0.05) is 12.5 Å². The second kappa shape index (κ2) is 10.0. The molecule has 0 radical (unpaired) electrons. The molecule has 7 nitrogen and oxygen atoms in total. The normalized spacial score (nSPS) is 18.1. The molecule has 1 N–H and O–H groups in total. The van der Waals surface area contributed by atoms with Crippen molar-refractivity contribution < 1.29 is 13.6 Å². The Balaban J connectivity index is 1.30. The maximum Gasteiger partial charge on any atom is 0.331 e. The van der Waals surface area contributed by atoms with E-state index in [9.17, 15) is 18.8 Å². The van der Waals surface area contributed by atoms with Crippen LogP contribution >= 0.6 is 11.3 Å². The standard InChI is InChI=1S/C26H26FN3O4S/c27-20-9-5-18(6-10-20)15-29-22-11-13-35-23(22)25(32)30(26(29)33)16-17-3-7-19(8-4-17)24(31)28-14-21-2-1-12-34-21/h1-2,5-6,9-13,17,19H,3-4,7-8,14-16H2,(H,28,31). The van der Waals surface area contributed by atoms with Crippen LogP contribution in [0, 0.1) is 17.7 Å². The number of amides is 1. The summed E-state index contributed by atoms with van der Waals surface area (Å²) in [5, 5.41) is 4.73. The van der Waals surface area contributed by atoms with E-state index >= 15 is 0 Å². The number of aromatic nitrogens is 2. The van der Waals surface area contributed by atoms with Gasteiger partial charge in [-0.2, -0.15) is 0 Å². The third kappa shape index (κ3) is 5.00. The Kier molecular flexibility index (Phi) is 6.68. The van der Waals surface area contributed by atoms with Crippen molar-refractivity contribution >= 4 is 27.5 Å². The summed E-state index contributed by atoms with van der Waals surface area (Å²) in [6, 6.07) is 11.4. The first-order valence-corrected chi connectivity index (χ1v) is 12.6. The molecule has 1 aliphatic carbocycles. The molecule has 1 aliphatic rings. The molecule has 9 heteroatoms. The fraction of sp³-hybridized carbons (Fsp3) is 0.346. The van der Waals surface area contributed by atoms with Gasteiger partial charge in [0.25, 0.3) is 5.56 Å². The van der Waals surface area contributed by atoms with Gasteiger partial charge < -0.3 is 9.73 Å². The molecule has 0 spiro atoms. The van der Waals surface area contributed by atoms with E-state index in [0.29, 0.717) is 41.9 Å². The van der Waals surface area contributed by atoms with Crippen LogP contribution in [-0.4, -0.2) is 15.0 Å². The predicted molar refractivity (Wildman–Crippen MR) is 132 cm³/mol. The lowest BCUT2D eigenvalue weighted by Crippen LogP contribution is -2.42. The third-order valence-corrected chi connectivity index (χ3v) is 7.66. The molecule has 0 unspecified atom stereocenters. The predicted octanol–water partition coefficient (Wildman–Crippen LogP) is 4.13. The summed E-state index contributed by atoms with van der Waals surface area (Å²) in [7, 11) is 0. The molecular formula is C26H26FN3O4S. The highest BCUT2D eigenvalue weighted by molar-refractivity contribution is 7.17. The zero-order chi connectivity index (χ0) is 24.4. The van der Waals surface area contributed by atoms with Gasteiger partial charge in [-0.05, 0) is 72.9 Å². The molecule has 1 aromatic carbocycles. The van der Waals surface area contributed by atoms with Crippen molar-refractivity contribution in [3.63, 3.8) is 0 Å². The largest absolute Gasteiger partial charge is 0.467 e. The van der Waals surface area contributed by atoms with Crippen molar-refractivity contribution in [2.24, 2.45) is 11.8 Å². The molecule has 3 aromatic heterocycles. The number of halogens is 1. The number of hydrogen-bond donors (Lipinski definition) is 1. The fourth-order valence-corrected chi connectivity index (χ4v) is 5.66. The minimum Gasteiger partial charge on any atom is -0.467 e. The van der Waals surface area contributed by atoms with E-state index in [-0.39, 0.29) is 41.4 Å². The Morgan fingerprint density at radius 2 is 1.83 bits per heavy atom.